The number of nitrogens with one attached hydrogen (secondary N) is 2. The summed E-state index contributed by atoms with van der Waals surface area (Å²) in [6.45, 7) is 3.44. The van der Waals surface area contributed by atoms with Crippen LogP contribution in [-0.2, 0) is 9.59 Å². The topological polar surface area (TPSA) is 76.7 Å². The summed E-state index contributed by atoms with van der Waals surface area (Å²) in [5.74, 6) is 0.923. The molecule has 1 aromatic rings. The van der Waals surface area contributed by atoms with Gasteiger partial charge in [-0.3, -0.25) is 14.9 Å². The second-order valence-electron chi connectivity index (χ2n) is 4.69. The Balaban J connectivity index is 1.75. The van der Waals surface area contributed by atoms with Crippen molar-refractivity contribution in [1.82, 2.24) is 10.6 Å². The number of benzene rings is 1. The van der Waals surface area contributed by atoms with Crippen molar-refractivity contribution in [2.45, 2.75) is 25.8 Å². The van der Waals surface area contributed by atoms with Crippen LogP contribution >= 0.6 is 0 Å². The minimum absolute atomic E-state index is 0.208. The first-order valence-corrected chi connectivity index (χ1v) is 7.12. The zero-order chi connectivity index (χ0) is 15.1. The molecule has 0 saturated carbocycles. The minimum Gasteiger partial charge on any atom is -0.490 e. The lowest BCUT2D eigenvalue weighted by Gasteiger charge is -2.22. The lowest BCUT2D eigenvalue weighted by molar-refractivity contribution is -0.134. The second-order valence-corrected chi connectivity index (χ2v) is 4.69. The van der Waals surface area contributed by atoms with Gasteiger partial charge in [0.2, 0.25) is 11.8 Å². The summed E-state index contributed by atoms with van der Waals surface area (Å²) in [6.07, 6.45) is 0.900. The van der Waals surface area contributed by atoms with Crippen LogP contribution in [0.15, 0.2) is 24.3 Å². The van der Waals surface area contributed by atoms with Gasteiger partial charge in [-0.05, 0) is 25.5 Å². The summed E-state index contributed by atoms with van der Waals surface area (Å²) in [7, 11) is 0. The molecule has 0 spiro atoms. The summed E-state index contributed by atoms with van der Waals surface area (Å²) in [5, 5.41) is 5.40. The van der Waals surface area contributed by atoms with E-state index in [4.69, 9.17) is 9.47 Å². The van der Waals surface area contributed by atoms with Gasteiger partial charge in [0.15, 0.2) is 11.5 Å². The van der Waals surface area contributed by atoms with Gasteiger partial charge in [0, 0.05) is 13.0 Å². The SMILES string of the molecule is CCOc1ccccc1OCCNC1CCC(=O)NC1=O. The molecule has 1 aromatic carbocycles. The normalized spacial score (nSPS) is 18.2. The fraction of sp³-hybridized carbons (Fsp3) is 0.467. The molecule has 2 amide bonds. The van der Waals surface area contributed by atoms with Crippen molar-refractivity contribution in [3.05, 3.63) is 24.3 Å². The highest BCUT2D eigenvalue weighted by atomic mass is 16.5. The number of hydrogen-bond donors (Lipinski definition) is 2. The third-order valence-electron chi connectivity index (χ3n) is 3.14. The number of ether oxygens (including phenoxy) is 2. The van der Waals surface area contributed by atoms with Crippen molar-refractivity contribution in [2.75, 3.05) is 19.8 Å². The van der Waals surface area contributed by atoms with Crippen LogP contribution in [-0.4, -0.2) is 37.6 Å². The van der Waals surface area contributed by atoms with Crippen LogP contribution in [0, 0.1) is 0 Å². The Morgan fingerprint density at radius 1 is 1.24 bits per heavy atom. The summed E-state index contributed by atoms with van der Waals surface area (Å²) < 4.78 is 11.1. The molecule has 6 nitrogen and oxygen atoms in total. The Bertz CT molecular complexity index is 504. The van der Waals surface area contributed by atoms with Gasteiger partial charge in [-0.2, -0.15) is 0 Å². The predicted molar refractivity (Wildman–Crippen MR) is 77.3 cm³/mol. The van der Waals surface area contributed by atoms with E-state index in [1.165, 1.54) is 0 Å². The van der Waals surface area contributed by atoms with Crippen molar-refractivity contribution in [1.29, 1.82) is 0 Å². The fourth-order valence-electron chi connectivity index (χ4n) is 2.13. The van der Waals surface area contributed by atoms with Crippen molar-refractivity contribution in [3.63, 3.8) is 0 Å². The average molecular weight is 292 g/mol. The van der Waals surface area contributed by atoms with Gasteiger partial charge in [-0.15, -0.1) is 0 Å². The van der Waals surface area contributed by atoms with Crippen LogP contribution in [0.3, 0.4) is 0 Å². The van der Waals surface area contributed by atoms with E-state index in [2.05, 4.69) is 10.6 Å². The van der Waals surface area contributed by atoms with E-state index in [1.807, 2.05) is 31.2 Å². The van der Waals surface area contributed by atoms with Gasteiger partial charge in [-0.1, -0.05) is 12.1 Å². The van der Waals surface area contributed by atoms with E-state index in [0.29, 0.717) is 44.1 Å². The number of carbonyl (C=O) groups is 2. The Labute approximate surface area is 123 Å². The number of imide groups is 1. The smallest absolute Gasteiger partial charge is 0.243 e. The van der Waals surface area contributed by atoms with Crippen LogP contribution in [0.5, 0.6) is 11.5 Å². The first-order valence-electron chi connectivity index (χ1n) is 7.12. The molecule has 21 heavy (non-hydrogen) atoms. The molecular formula is C15H20N2O4. The summed E-state index contributed by atoms with van der Waals surface area (Å²) in [6, 6.07) is 7.14. The molecule has 1 aliphatic rings. The lowest BCUT2D eigenvalue weighted by atomic mass is 10.1. The van der Waals surface area contributed by atoms with Crippen molar-refractivity contribution in [3.8, 4) is 11.5 Å². The third kappa shape index (κ3) is 4.46. The molecule has 2 N–H and O–H groups in total. The first-order chi connectivity index (χ1) is 10.2. The van der Waals surface area contributed by atoms with Crippen LogP contribution in [0.2, 0.25) is 0 Å². The molecule has 0 bridgehead atoms. The minimum atomic E-state index is -0.326. The number of rotatable bonds is 7. The molecule has 1 heterocycles. The molecule has 1 saturated heterocycles. The number of piperidine rings is 1. The van der Waals surface area contributed by atoms with Crippen LogP contribution in [0.1, 0.15) is 19.8 Å². The summed E-state index contributed by atoms with van der Waals surface area (Å²) >= 11 is 0. The number of amides is 2. The maximum Gasteiger partial charge on any atom is 0.243 e. The molecule has 2 rings (SSSR count). The zero-order valence-electron chi connectivity index (χ0n) is 12.1. The van der Waals surface area contributed by atoms with Gasteiger partial charge in [-0.25, -0.2) is 0 Å². The first kappa shape index (κ1) is 15.3. The van der Waals surface area contributed by atoms with Crippen molar-refractivity contribution >= 4 is 11.8 Å². The van der Waals surface area contributed by atoms with Crippen LogP contribution in [0.25, 0.3) is 0 Å². The maximum atomic E-state index is 11.6. The summed E-state index contributed by atoms with van der Waals surface area (Å²) in [5.41, 5.74) is 0. The molecule has 0 aromatic heterocycles. The quantitative estimate of drug-likeness (QED) is 0.576. The maximum absolute atomic E-state index is 11.6. The molecule has 1 aliphatic heterocycles. The van der Waals surface area contributed by atoms with Gasteiger partial charge >= 0.3 is 0 Å². The largest absolute Gasteiger partial charge is 0.490 e. The third-order valence-corrected chi connectivity index (χ3v) is 3.14. The molecule has 1 atom stereocenters. The lowest BCUT2D eigenvalue weighted by Crippen LogP contribution is -2.51. The van der Waals surface area contributed by atoms with Gasteiger partial charge in [0.05, 0.1) is 12.6 Å². The zero-order valence-corrected chi connectivity index (χ0v) is 12.1. The molecule has 1 fully saturated rings. The van der Waals surface area contributed by atoms with E-state index in [9.17, 15) is 9.59 Å². The molecular weight excluding hydrogens is 272 g/mol. The van der Waals surface area contributed by atoms with Crippen molar-refractivity contribution in [2.24, 2.45) is 0 Å². The fourth-order valence-corrected chi connectivity index (χ4v) is 2.13. The highest BCUT2D eigenvalue weighted by molar-refractivity contribution is 6.00. The van der Waals surface area contributed by atoms with E-state index in [-0.39, 0.29) is 17.9 Å². The Morgan fingerprint density at radius 2 is 1.95 bits per heavy atom. The molecule has 6 heteroatoms. The Morgan fingerprint density at radius 3 is 2.62 bits per heavy atom. The van der Waals surface area contributed by atoms with Gasteiger partial charge in [0.25, 0.3) is 0 Å². The van der Waals surface area contributed by atoms with Crippen LogP contribution < -0.4 is 20.1 Å². The van der Waals surface area contributed by atoms with E-state index >= 15 is 0 Å². The van der Waals surface area contributed by atoms with E-state index in [0.717, 1.165) is 0 Å². The standard InChI is InChI=1S/C15H20N2O4/c1-2-20-12-5-3-4-6-13(12)21-10-9-16-11-7-8-14(18)17-15(11)19/h3-6,11,16H,2,7-10H2,1H3,(H,17,18,19). The highest BCUT2D eigenvalue weighted by Gasteiger charge is 2.25. The molecule has 0 aliphatic carbocycles. The Hall–Kier alpha value is -2.08. The highest BCUT2D eigenvalue weighted by Crippen LogP contribution is 2.26. The van der Waals surface area contributed by atoms with Crippen molar-refractivity contribution < 1.29 is 19.1 Å². The second kappa shape index (κ2) is 7.64. The monoisotopic (exact) mass is 292 g/mol. The summed E-state index contributed by atoms with van der Waals surface area (Å²) in [4.78, 5) is 22.6. The predicted octanol–water partition coefficient (Wildman–Crippen LogP) is 0.859. The number of para-hydroxylation sites is 2. The number of carbonyl (C=O) groups excluding carboxylic acids is 2. The molecule has 0 radical (unpaired) electrons. The van der Waals surface area contributed by atoms with E-state index < -0.39 is 0 Å². The Kier molecular flexibility index (Phi) is 5.57. The molecule has 114 valence electrons. The number of hydrogen-bond acceptors (Lipinski definition) is 5. The van der Waals surface area contributed by atoms with E-state index in [1.54, 1.807) is 0 Å². The van der Waals surface area contributed by atoms with Gasteiger partial charge in [0.1, 0.15) is 6.61 Å². The van der Waals surface area contributed by atoms with Crippen LogP contribution in [0.4, 0.5) is 0 Å². The van der Waals surface area contributed by atoms with Gasteiger partial charge < -0.3 is 14.8 Å². The average Bonchev–Trinajstić information content (AvgIpc) is 2.47. The molecule has 1 unspecified atom stereocenters.